The van der Waals surface area contributed by atoms with Crippen molar-refractivity contribution in [2.45, 2.75) is 44.9 Å². The number of hydrogen-bond acceptors (Lipinski definition) is 2. The maximum Gasteiger partial charge on any atom is 0.410 e. The van der Waals surface area contributed by atoms with Crippen molar-refractivity contribution in [3.05, 3.63) is 0 Å². The molecule has 0 spiro atoms. The van der Waals surface area contributed by atoms with Crippen molar-refractivity contribution in [3.63, 3.8) is 0 Å². The van der Waals surface area contributed by atoms with Crippen molar-refractivity contribution in [2.75, 3.05) is 18.4 Å². The zero-order valence-electron chi connectivity index (χ0n) is 10.1. The lowest BCUT2D eigenvalue weighted by Gasteiger charge is -2.37. The molecule has 3 nitrogen and oxygen atoms in total. The summed E-state index contributed by atoms with van der Waals surface area (Å²) in [6, 6.07) is 0. The summed E-state index contributed by atoms with van der Waals surface area (Å²) in [6.07, 6.45) is 0.758. The third-order valence-electron chi connectivity index (χ3n) is 2.42. The van der Waals surface area contributed by atoms with Gasteiger partial charge >= 0.3 is 6.09 Å². The number of hydrogen-bond donors (Lipinski definition) is 0. The van der Waals surface area contributed by atoms with Gasteiger partial charge in [-0.3, -0.25) is 0 Å². The molecule has 0 N–H and O–H groups in total. The van der Waals surface area contributed by atoms with Gasteiger partial charge in [0.2, 0.25) is 0 Å². The molecule has 1 fully saturated rings. The maximum absolute atomic E-state index is 14.0. The van der Waals surface area contributed by atoms with Crippen molar-refractivity contribution in [3.8, 4) is 0 Å². The average Bonchev–Trinajstić information content (AvgIpc) is 2.15. The van der Waals surface area contributed by atoms with E-state index in [1.54, 1.807) is 0 Å². The summed E-state index contributed by atoms with van der Waals surface area (Å²) in [7, 11) is 0. The number of likely N-dealkylation sites (tertiary alicyclic amines) is 1. The number of carbonyl (C=O) groups excluding carboxylic acids is 1. The third kappa shape index (κ3) is 3.92. The van der Waals surface area contributed by atoms with Gasteiger partial charge in [0.25, 0.3) is 0 Å². The molecule has 1 atom stereocenters. The topological polar surface area (TPSA) is 29.5 Å². The van der Waals surface area contributed by atoms with Gasteiger partial charge in [0.05, 0.1) is 6.54 Å². The summed E-state index contributed by atoms with van der Waals surface area (Å²) in [5.41, 5.74) is -1.84. The molecule has 0 bridgehead atoms. The van der Waals surface area contributed by atoms with Gasteiger partial charge in [-0.15, -0.1) is 0 Å². The van der Waals surface area contributed by atoms with E-state index in [0.29, 0.717) is 19.4 Å². The van der Waals surface area contributed by atoms with Crippen molar-refractivity contribution in [1.82, 2.24) is 4.90 Å². The number of piperidine rings is 1. The Bertz CT molecular complexity index is 267. The molecule has 1 saturated heterocycles. The monoisotopic (exact) mass is 295 g/mol. The highest BCUT2D eigenvalue weighted by atomic mass is 79.9. The number of halogens is 2. The van der Waals surface area contributed by atoms with Gasteiger partial charge in [-0.05, 0) is 33.6 Å². The van der Waals surface area contributed by atoms with Gasteiger partial charge in [-0.1, -0.05) is 15.9 Å². The van der Waals surface area contributed by atoms with Crippen LogP contribution in [0.1, 0.15) is 33.6 Å². The molecule has 1 rings (SSSR count). The molecule has 0 aromatic heterocycles. The molecule has 0 aliphatic carbocycles. The molecule has 1 amide bonds. The Morgan fingerprint density at radius 3 is 2.69 bits per heavy atom. The SMILES string of the molecule is CC(C)(C)OC(=O)N1CCC[C@@](F)(CBr)C1. The quantitative estimate of drug-likeness (QED) is 0.696. The zero-order chi connectivity index (χ0) is 12.4. The van der Waals surface area contributed by atoms with Crippen molar-refractivity contribution in [2.24, 2.45) is 0 Å². The van der Waals surface area contributed by atoms with Crippen LogP contribution in [0, 0.1) is 0 Å². The van der Waals surface area contributed by atoms with E-state index in [9.17, 15) is 9.18 Å². The molecule has 0 radical (unpaired) electrons. The fourth-order valence-electron chi connectivity index (χ4n) is 1.68. The van der Waals surface area contributed by atoms with Crippen LogP contribution in [-0.2, 0) is 4.74 Å². The van der Waals surface area contributed by atoms with Gasteiger partial charge in [-0.25, -0.2) is 9.18 Å². The van der Waals surface area contributed by atoms with Crippen LogP contribution in [0.5, 0.6) is 0 Å². The summed E-state index contributed by atoms with van der Waals surface area (Å²) in [6.45, 7) is 6.12. The van der Waals surface area contributed by atoms with Gasteiger partial charge in [0.1, 0.15) is 11.3 Å². The van der Waals surface area contributed by atoms with Crippen LogP contribution in [-0.4, -0.2) is 40.7 Å². The Balaban J connectivity index is 2.57. The molecule has 0 aromatic carbocycles. The molecule has 1 aliphatic heterocycles. The Hall–Kier alpha value is -0.320. The number of rotatable bonds is 1. The normalized spacial score (nSPS) is 26.7. The second kappa shape index (κ2) is 4.90. The lowest BCUT2D eigenvalue weighted by atomic mass is 9.97. The van der Waals surface area contributed by atoms with E-state index in [2.05, 4.69) is 15.9 Å². The minimum atomic E-state index is -1.31. The lowest BCUT2D eigenvalue weighted by Crippen LogP contribution is -2.50. The van der Waals surface area contributed by atoms with Crippen LogP contribution in [0.3, 0.4) is 0 Å². The van der Waals surface area contributed by atoms with Crippen LogP contribution in [0.4, 0.5) is 9.18 Å². The van der Waals surface area contributed by atoms with E-state index in [-0.39, 0.29) is 11.9 Å². The van der Waals surface area contributed by atoms with E-state index >= 15 is 0 Å². The largest absolute Gasteiger partial charge is 0.444 e. The standard InChI is InChI=1S/C11H19BrFNO2/c1-10(2,3)16-9(15)14-6-4-5-11(13,7-12)8-14/h4-8H2,1-3H3/t11-/m1/s1. The fraction of sp³-hybridized carbons (Fsp3) is 0.909. The van der Waals surface area contributed by atoms with E-state index in [1.165, 1.54) is 4.90 Å². The molecule has 94 valence electrons. The Kier molecular flexibility index (Phi) is 4.21. The first-order valence-corrected chi connectivity index (χ1v) is 6.61. The van der Waals surface area contributed by atoms with Crippen LogP contribution >= 0.6 is 15.9 Å². The number of amides is 1. The number of carbonyl (C=O) groups is 1. The molecule has 1 heterocycles. The number of ether oxygens (including phenoxy) is 1. The maximum atomic E-state index is 14.0. The van der Waals surface area contributed by atoms with Gasteiger partial charge in [-0.2, -0.15) is 0 Å². The van der Waals surface area contributed by atoms with Crippen LogP contribution < -0.4 is 0 Å². The van der Waals surface area contributed by atoms with Crippen LogP contribution in [0.2, 0.25) is 0 Å². The highest BCUT2D eigenvalue weighted by Gasteiger charge is 2.37. The van der Waals surface area contributed by atoms with Gasteiger partial charge < -0.3 is 9.64 Å². The second-order valence-electron chi connectivity index (χ2n) is 5.29. The minimum Gasteiger partial charge on any atom is -0.444 e. The Labute approximate surface area is 104 Å². The number of nitrogens with zero attached hydrogens (tertiary/aromatic N) is 1. The summed E-state index contributed by atoms with van der Waals surface area (Å²) in [4.78, 5) is 13.2. The first kappa shape index (κ1) is 13.7. The molecule has 0 aromatic rings. The smallest absolute Gasteiger partial charge is 0.410 e. The minimum absolute atomic E-state index is 0.118. The van der Waals surface area contributed by atoms with Crippen molar-refractivity contribution < 1.29 is 13.9 Å². The van der Waals surface area contributed by atoms with Gasteiger partial charge in [0.15, 0.2) is 0 Å². The first-order chi connectivity index (χ1) is 7.26. The first-order valence-electron chi connectivity index (χ1n) is 5.49. The molecule has 0 saturated carbocycles. The fourth-order valence-corrected chi connectivity index (χ4v) is 2.14. The summed E-state index contributed by atoms with van der Waals surface area (Å²) in [5, 5.41) is 0.263. The third-order valence-corrected chi connectivity index (χ3v) is 3.42. The average molecular weight is 296 g/mol. The predicted molar refractivity (Wildman–Crippen MR) is 64.7 cm³/mol. The Morgan fingerprint density at radius 1 is 1.56 bits per heavy atom. The van der Waals surface area contributed by atoms with E-state index < -0.39 is 17.4 Å². The zero-order valence-corrected chi connectivity index (χ0v) is 11.6. The summed E-state index contributed by atoms with van der Waals surface area (Å²) in [5.74, 6) is 0. The predicted octanol–water partition coefficient (Wildman–Crippen LogP) is 3.12. The molecule has 5 heteroatoms. The highest BCUT2D eigenvalue weighted by Crippen LogP contribution is 2.28. The van der Waals surface area contributed by atoms with Crippen molar-refractivity contribution in [1.29, 1.82) is 0 Å². The van der Waals surface area contributed by atoms with Gasteiger partial charge in [0, 0.05) is 11.9 Å². The van der Waals surface area contributed by atoms with E-state index in [1.807, 2.05) is 20.8 Å². The number of alkyl halides is 2. The highest BCUT2D eigenvalue weighted by molar-refractivity contribution is 9.09. The molecule has 16 heavy (non-hydrogen) atoms. The molecule has 1 aliphatic rings. The van der Waals surface area contributed by atoms with Crippen LogP contribution in [0.25, 0.3) is 0 Å². The van der Waals surface area contributed by atoms with Crippen LogP contribution in [0.15, 0.2) is 0 Å². The summed E-state index contributed by atoms with van der Waals surface area (Å²) >= 11 is 3.15. The van der Waals surface area contributed by atoms with E-state index in [0.717, 1.165) is 0 Å². The second-order valence-corrected chi connectivity index (χ2v) is 5.85. The van der Waals surface area contributed by atoms with Crippen molar-refractivity contribution >= 4 is 22.0 Å². The molecule has 0 unspecified atom stereocenters. The summed E-state index contributed by atoms with van der Waals surface area (Å²) < 4.78 is 19.3. The molecular weight excluding hydrogens is 277 g/mol. The molecular formula is C11H19BrFNO2. The van der Waals surface area contributed by atoms with E-state index in [4.69, 9.17) is 4.74 Å². The lowest BCUT2D eigenvalue weighted by molar-refractivity contribution is 0.000453. The Morgan fingerprint density at radius 2 is 2.19 bits per heavy atom.